The number of hydrogen-bond donors (Lipinski definition) is 1. The second-order valence-corrected chi connectivity index (χ2v) is 7.94. The van der Waals surface area contributed by atoms with Crippen LogP contribution in [0.4, 0.5) is 5.13 Å². The van der Waals surface area contributed by atoms with E-state index in [4.69, 9.17) is 0 Å². The molecule has 0 spiro atoms. The maximum Gasteiger partial charge on any atom is 0.260 e. The Labute approximate surface area is 142 Å². The molecule has 1 aliphatic rings. The topological polar surface area (TPSA) is 59.8 Å². The summed E-state index contributed by atoms with van der Waals surface area (Å²) in [6, 6.07) is 3.91. The van der Waals surface area contributed by atoms with E-state index in [0.29, 0.717) is 16.6 Å². The molecule has 3 heterocycles. The highest BCUT2D eigenvalue weighted by Gasteiger charge is 2.28. The van der Waals surface area contributed by atoms with Crippen LogP contribution in [-0.2, 0) is 0 Å². The van der Waals surface area contributed by atoms with Gasteiger partial charge in [0.15, 0.2) is 0 Å². The highest BCUT2D eigenvalue weighted by Crippen LogP contribution is 2.42. The molecule has 0 aliphatic heterocycles. The number of aryl methyl sites for hydroxylation is 1. The molecule has 1 fully saturated rings. The molecule has 0 atom stereocenters. The highest BCUT2D eigenvalue weighted by molar-refractivity contribution is 7.16. The number of anilines is 1. The lowest BCUT2D eigenvalue weighted by molar-refractivity contribution is 0.102. The van der Waals surface area contributed by atoms with Crippen LogP contribution in [0.2, 0.25) is 0 Å². The van der Waals surface area contributed by atoms with Crippen LogP contribution in [0.25, 0.3) is 5.00 Å². The second-order valence-electron chi connectivity index (χ2n) is 5.73. The number of carbonyl (C=O) groups is 1. The summed E-state index contributed by atoms with van der Waals surface area (Å²) >= 11 is 3.11. The molecule has 0 radical (unpaired) electrons. The fraction of sp³-hybridized carbons (Fsp3) is 0.312. The zero-order valence-corrected chi connectivity index (χ0v) is 14.5. The number of thiophene rings is 1. The molecule has 0 saturated heterocycles. The average Bonchev–Trinajstić information content (AvgIpc) is 2.95. The van der Waals surface area contributed by atoms with Gasteiger partial charge < -0.3 is 4.57 Å². The van der Waals surface area contributed by atoms with Crippen molar-refractivity contribution in [2.75, 3.05) is 5.32 Å². The third-order valence-corrected chi connectivity index (χ3v) is 6.24. The zero-order chi connectivity index (χ0) is 16.0. The summed E-state index contributed by atoms with van der Waals surface area (Å²) in [4.78, 5) is 13.9. The van der Waals surface area contributed by atoms with Crippen LogP contribution in [-0.4, -0.2) is 20.7 Å². The average molecular weight is 344 g/mol. The Morgan fingerprint density at radius 2 is 1.96 bits per heavy atom. The second kappa shape index (κ2) is 5.58. The van der Waals surface area contributed by atoms with Crippen molar-refractivity contribution in [2.45, 2.75) is 32.6 Å². The van der Waals surface area contributed by atoms with E-state index in [1.54, 1.807) is 11.3 Å². The smallest absolute Gasteiger partial charge is 0.260 e. The van der Waals surface area contributed by atoms with Crippen LogP contribution in [0.15, 0.2) is 24.5 Å². The van der Waals surface area contributed by atoms with Crippen molar-refractivity contribution in [3.63, 3.8) is 0 Å². The molecule has 0 bridgehead atoms. The molecule has 1 N–H and O–H groups in total. The molecule has 1 aliphatic carbocycles. The number of nitrogens with zero attached hydrogens (tertiary/aromatic N) is 3. The van der Waals surface area contributed by atoms with Crippen LogP contribution in [0.1, 0.15) is 44.6 Å². The number of amides is 1. The summed E-state index contributed by atoms with van der Waals surface area (Å²) in [6.07, 6.45) is 6.28. The van der Waals surface area contributed by atoms with Crippen molar-refractivity contribution in [2.24, 2.45) is 0 Å². The molecule has 1 amide bonds. The van der Waals surface area contributed by atoms with Gasteiger partial charge in [0.05, 0.1) is 5.56 Å². The van der Waals surface area contributed by atoms with Gasteiger partial charge in [0.25, 0.3) is 5.91 Å². The standard InChI is InChI=1S/C16H16N4OS2/c1-9-10(2)22-15(20-7-3-4-8-20)12(9)13(21)17-16-19-18-14(23-16)11-5-6-11/h3-4,7-8,11H,5-6H2,1-2H3,(H,17,19,21). The van der Waals surface area contributed by atoms with Crippen molar-refractivity contribution in [1.82, 2.24) is 14.8 Å². The summed E-state index contributed by atoms with van der Waals surface area (Å²) < 4.78 is 1.98. The molecule has 23 heavy (non-hydrogen) atoms. The van der Waals surface area contributed by atoms with E-state index < -0.39 is 0 Å². The van der Waals surface area contributed by atoms with Crippen molar-refractivity contribution in [3.05, 3.63) is 45.5 Å². The lowest BCUT2D eigenvalue weighted by Crippen LogP contribution is -2.14. The predicted octanol–water partition coefficient (Wildman–Crippen LogP) is 4.14. The van der Waals surface area contributed by atoms with E-state index in [0.717, 1.165) is 20.4 Å². The van der Waals surface area contributed by atoms with E-state index in [-0.39, 0.29) is 5.91 Å². The summed E-state index contributed by atoms with van der Waals surface area (Å²) in [5.41, 5.74) is 1.73. The maximum absolute atomic E-state index is 12.8. The molecule has 4 rings (SSSR count). The number of carbonyl (C=O) groups excluding carboxylic acids is 1. The van der Waals surface area contributed by atoms with Gasteiger partial charge in [-0.3, -0.25) is 10.1 Å². The molecule has 5 nitrogen and oxygen atoms in total. The first-order chi connectivity index (χ1) is 11.1. The zero-order valence-electron chi connectivity index (χ0n) is 12.9. The Hall–Kier alpha value is -1.99. The Morgan fingerprint density at radius 3 is 2.65 bits per heavy atom. The number of rotatable bonds is 4. The summed E-state index contributed by atoms with van der Waals surface area (Å²) in [7, 11) is 0. The van der Waals surface area contributed by atoms with Gasteiger partial charge in [-0.25, -0.2) is 0 Å². The minimum Gasteiger partial charge on any atom is -0.315 e. The van der Waals surface area contributed by atoms with Gasteiger partial charge in [0, 0.05) is 23.2 Å². The highest BCUT2D eigenvalue weighted by atomic mass is 32.1. The van der Waals surface area contributed by atoms with Crippen LogP contribution in [0.5, 0.6) is 0 Å². The van der Waals surface area contributed by atoms with Gasteiger partial charge in [-0.15, -0.1) is 21.5 Å². The molecule has 1 saturated carbocycles. The fourth-order valence-corrected chi connectivity index (χ4v) is 4.50. The van der Waals surface area contributed by atoms with E-state index >= 15 is 0 Å². The van der Waals surface area contributed by atoms with Crippen LogP contribution >= 0.6 is 22.7 Å². The monoisotopic (exact) mass is 344 g/mol. The van der Waals surface area contributed by atoms with Crippen LogP contribution in [0, 0.1) is 13.8 Å². The first kappa shape index (κ1) is 14.6. The van der Waals surface area contributed by atoms with Crippen molar-refractivity contribution in [1.29, 1.82) is 0 Å². The minimum atomic E-state index is -0.117. The van der Waals surface area contributed by atoms with Crippen molar-refractivity contribution < 1.29 is 4.79 Å². The molecule has 7 heteroatoms. The number of nitrogens with one attached hydrogen (secondary N) is 1. The Bertz CT molecular complexity index is 859. The fourth-order valence-electron chi connectivity index (χ4n) is 2.47. The van der Waals surface area contributed by atoms with Gasteiger partial charge in [0.2, 0.25) is 5.13 Å². The molecule has 0 aromatic carbocycles. The Kier molecular flexibility index (Phi) is 3.54. The predicted molar refractivity (Wildman–Crippen MR) is 93.0 cm³/mol. The number of hydrogen-bond acceptors (Lipinski definition) is 5. The first-order valence-corrected chi connectivity index (χ1v) is 9.15. The van der Waals surface area contributed by atoms with E-state index in [9.17, 15) is 4.79 Å². The van der Waals surface area contributed by atoms with Gasteiger partial charge in [-0.1, -0.05) is 11.3 Å². The Balaban J connectivity index is 1.64. The van der Waals surface area contributed by atoms with E-state index in [1.807, 2.05) is 42.9 Å². The third-order valence-electron chi connectivity index (χ3n) is 4.02. The van der Waals surface area contributed by atoms with Crippen LogP contribution < -0.4 is 5.32 Å². The van der Waals surface area contributed by atoms with Gasteiger partial charge in [-0.05, 0) is 44.4 Å². The van der Waals surface area contributed by atoms with Gasteiger partial charge in [0.1, 0.15) is 10.0 Å². The SMILES string of the molecule is Cc1sc(-n2cccc2)c(C(=O)Nc2nnc(C3CC3)s2)c1C. The molecule has 0 unspecified atom stereocenters. The summed E-state index contributed by atoms with van der Waals surface area (Å²) in [5, 5.41) is 13.8. The third kappa shape index (κ3) is 2.70. The first-order valence-electron chi connectivity index (χ1n) is 7.51. The molecule has 3 aromatic heterocycles. The molecular weight excluding hydrogens is 328 g/mol. The van der Waals surface area contributed by atoms with Crippen LogP contribution in [0.3, 0.4) is 0 Å². The molecule has 3 aromatic rings. The van der Waals surface area contributed by atoms with Crippen molar-refractivity contribution in [3.8, 4) is 5.00 Å². The quantitative estimate of drug-likeness (QED) is 0.774. The van der Waals surface area contributed by atoms with Gasteiger partial charge in [-0.2, -0.15) is 0 Å². The number of aromatic nitrogens is 3. The van der Waals surface area contributed by atoms with Gasteiger partial charge >= 0.3 is 0 Å². The lowest BCUT2D eigenvalue weighted by atomic mass is 10.1. The lowest BCUT2D eigenvalue weighted by Gasteiger charge is -2.06. The Morgan fingerprint density at radius 1 is 1.22 bits per heavy atom. The summed E-state index contributed by atoms with van der Waals surface area (Å²) in [5.74, 6) is 0.438. The largest absolute Gasteiger partial charge is 0.315 e. The van der Waals surface area contributed by atoms with Crippen molar-refractivity contribution >= 4 is 33.7 Å². The maximum atomic E-state index is 12.8. The molecular formula is C16H16N4OS2. The minimum absolute atomic E-state index is 0.117. The summed E-state index contributed by atoms with van der Waals surface area (Å²) in [6.45, 7) is 4.03. The molecule has 118 valence electrons. The normalized spacial score (nSPS) is 14.2. The van der Waals surface area contributed by atoms with E-state index in [2.05, 4.69) is 15.5 Å². The van der Waals surface area contributed by atoms with E-state index in [1.165, 1.54) is 24.2 Å².